The van der Waals surface area contributed by atoms with Gasteiger partial charge in [-0.3, -0.25) is 14.4 Å². The number of esters is 3. The molecule has 0 saturated carbocycles. The number of carbonyl (C=O) groups is 3. The van der Waals surface area contributed by atoms with Crippen LogP contribution >= 0.6 is 0 Å². The van der Waals surface area contributed by atoms with E-state index >= 15 is 0 Å². The van der Waals surface area contributed by atoms with Gasteiger partial charge in [-0.1, -0.05) is 0 Å². The minimum Gasteiger partial charge on any atom is -0.462 e. The third-order valence-corrected chi connectivity index (χ3v) is 1.83. The van der Waals surface area contributed by atoms with E-state index in [0.29, 0.717) is 0 Å². The Kier molecular flexibility index (Phi) is 6.36. The molecule has 0 bridgehead atoms. The number of ether oxygens (including phenoxy) is 3. The minimum atomic E-state index is -0.787. The van der Waals surface area contributed by atoms with Gasteiger partial charge in [-0.2, -0.15) is 0 Å². The fraction of sp³-hybridized carbons (Fsp3) is 0.750. The van der Waals surface area contributed by atoms with Crippen LogP contribution in [0.25, 0.3) is 0 Å². The molecule has 0 spiro atoms. The summed E-state index contributed by atoms with van der Waals surface area (Å²) in [6, 6.07) is 0. The third-order valence-electron chi connectivity index (χ3n) is 1.83. The van der Waals surface area contributed by atoms with Crippen LogP contribution in [-0.2, 0) is 28.6 Å². The summed E-state index contributed by atoms with van der Waals surface area (Å²) in [5, 5.41) is 0. The average Bonchev–Trinajstić information content (AvgIpc) is 2.19. The molecule has 0 unspecified atom stereocenters. The van der Waals surface area contributed by atoms with Crippen molar-refractivity contribution in [2.24, 2.45) is 5.41 Å². The second kappa shape index (κ2) is 6.98. The molecule has 0 aliphatic rings. The van der Waals surface area contributed by atoms with Crippen molar-refractivity contribution in [1.82, 2.24) is 0 Å². The molecule has 0 fully saturated rings. The molecule has 0 aromatic carbocycles. The van der Waals surface area contributed by atoms with Gasteiger partial charge in [0.2, 0.25) is 0 Å². The summed E-state index contributed by atoms with van der Waals surface area (Å²) >= 11 is 0. The Morgan fingerprint density at radius 1 is 0.944 bits per heavy atom. The van der Waals surface area contributed by atoms with Gasteiger partial charge < -0.3 is 14.2 Å². The minimum absolute atomic E-state index is 0.134. The Bertz CT molecular complexity index is 297. The number of carbonyl (C=O) groups excluding carboxylic acids is 3. The van der Waals surface area contributed by atoms with Crippen molar-refractivity contribution in [1.29, 1.82) is 0 Å². The summed E-state index contributed by atoms with van der Waals surface area (Å²) < 4.78 is 14.6. The summed E-state index contributed by atoms with van der Waals surface area (Å²) in [5.41, 5.74) is -0.676. The summed E-state index contributed by atoms with van der Waals surface area (Å²) in [5.74, 6) is -1.43. The topological polar surface area (TPSA) is 78.9 Å². The van der Waals surface area contributed by atoms with Crippen LogP contribution in [0.1, 0.15) is 34.6 Å². The Balaban J connectivity index is 4.41. The summed E-state index contributed by atoms with van der Waals surface area (Å²) in [6.07, 6.45) is -0.787. The monoisotopic (exact) mass is 260 g/mol. The molecule has 0 rings (SSSR count). The smallest absolute Gasteiger partial charge is 0.311 e. The quantitative estimate of drug-likeness (QED) is 0.543. The first-order valence-electron chi connectivity index (χ1n) is 5.60. The molecule has 0 atom stereocenters. The molecule has 0 saturated heterocycles. The molecule has 6 heteroatoms. The lowest BCUT2D eigenvalue weighted by Gasteiger charge is -2.22. The van der Waals surface area contributed by atoms with Gasteiger partial charge in [0.05, 0.1) is 5.41 Å². The van der Waals surface area contributed by atoms with Gasteiger partial charge in [-0.15, -0.1) is 0 Å². The van der Waals surface area contributed by atoms with E-state index in [0.717, 1.165) is 0 Å². The first kappa shape index (κ1) is 16.4. The summed E-state index contributed by atoms with van der Waals surface area (Å²) in [6.45, 7) is 7.32. The van der Waals surface area contributed by atoms with Crippen LogP contribution in [-0.4, -0.2) is 37.2 Å². The molecular weight excluding hydrogens is 240 g/mol. The third kappa shape index (κ3) is 7.65. The number of hydrogen-bond donors (Lipinski definition) is 0. The number of hydrogen-bond acceptors (Lipinski definition) is 6. The van der Waals surface area contributed by atoms with Crippen molar-refractivity contribution in [2.75, 3.05) is 13.2 Å². The average molecular weight is 260 g/mol. The highest BCUT2D eigenvalue weighted by atomic mass is 16.6. The van der Waals surface area contributed by atoms with Gasteiger partial charge in [-0.05, 0) is 20.8 Å². The van der Waals surface area contributed by atoms with E-state index in [4.69, 9.17) is 14.2 Å². The molecule has 18 heavy (non-hydrogen) atoms. The second-order valence-corrected chi connectivity index (χ2v) is 4.88. The van der Waals surface area contributed by atoms with Gasteiger partial charge in [0.1, 0.15) is 13.2 Å². The Labute approximate surface area is 107 Å². The molecule has 0 aromatic rings. The highest BCUT2D eigenvalue weighted by Gasteiger charge is 2.27. The van der Waals surface area contributed by atoms with Crippen molar-refractivity contribution >= 4 is 17.9 Å². The van der Waals surface area contributed by atoms with Crippen LogP contribution in [0.15, 0.2) is 0 Å². The van der Waals surface area contributed by atoms with E-state index in [9.17, 15) is 14.4 Å². The largest absolute Gasteiger partial charge is 0.462 e. The predicted molar refractivity (Wildman–Crippen MR) is 62.6 cm³/mol. The van der Waals surface area contributed by atoms with Crippen molar-refractivity contribution in [3.63, 3.8) is 0 Å². The summed E-state index contributed by atoms with van der Waals surface area (Å²) in [4.78, 5) is 33.1. The highest BCUT2D eigenvalue weighted by molar-refractivity contribution is 5.75. The lowest BCUT2D eigenvalue weighted by atomic mass is 9.97. The lowest BCUT2D eigenvalue weighted by Crippen LogP contribution is -2.34. The van der Waals surface area contributed by atoms with E-state index in [1.54, 1.807) is 20.8 Å². The molecule has 0 heterocycles. The highest BCUT2D eigenvalue weighted by Crippen LogP contribution is 2.16. The maximum Gasteiger partial charge on any atom is 0.311 e. The van der Waals surface area contributed by atoms with Gasteiger partial charge in [0.15, 0.2) is 6.10 Å². The Morgan fingerprint density at radius 3 is 1.61 bits per heavy atom. The molecule has 6 nitrogen and oxygen atoms in total. The van der Waals surface area contributed by atoms with Crippen LogP contribution in [0.2, 0.25) is 0 Å². The molecular formula is C12H20O6. The van der Waals surface area contributed by atoms with Gasteiger partial charge >= 0.3 is 17.9 Å². The fourth-order valence-electron chi connectivity index (χ4n) is 0.865. The zero-order valence-corrected chi connectivity index (χ0v) is 11.4. The summed E-state index contributed by atoms with van der Waals surface area (Å²) in [7, 11) is 0. The van der Waals surface area contributed by atoms with E-state index in [-0.39, 0.29) is 13.2 Å². The Morgan fingerprint density at radius 2 is 1.33 bits per heavy atom. The maximum atomic E-state index is 11.7. The zero-order valence-electron chi connectivity index (χ0n) is 11.4. The zero-order chi connectivity index (χ0) is 14.3. The molecule has 0 radical (unpaired) electrons. The van der Waals surface area contributed by atoms with Crippen LogP contribution < -0.4 is 0 Å². The van der Waals surface area contributed by atoms with Crippen molar-refractivity contribution in [3.8, 4) is 0 Å². The Hall–Kier alpha value is -1.59. The van der Waals surface area contributed by atoms with Crippen LogP contribution in [0.3, 0.4) is 0 Å². The van der Waals surface area contributed by atoms with Crippen molar-refractivity contribution in [3.05, 3.63) is 0 Å². The molecule has 0 N–H and O–H groups in total. The number of rotatable bonds is 5. The molecule has 104 valence electrons. The van der Waals surface area contributed by atoms with Crippen LogP contribution in [0, 0.1) is 5.41 Å². The van der Waals surface area contributed by atoms with E-state index in [2.05, 4.69) is 0 Å². The first-order chi connectivity index (χ1) is 8.12. The standard InChI is InChI=1S/C12H20O6/c1-8(13)16-6-10(7-17-9(2)14)18-11(15)12(3,4)5/h10H,6-7H2,1-5H3. The van der Waals surface area contributed by atoms with E-state index < -0.39 is 29.4 Å². The normalized spacial score (nSPS) is 11.0. The van der Waals surface area contributed by atoms with E-state index in [1.165, 1.54) is 13.8 Å². The van der Waals surface area contributed by atoms with Gasteiger partial charge in [-0.25, -0.2) is 0 Å². The van der Waals surface area contributed by atoms with Crippen molar-refractivity contribution in [2.45, 2.75) is 40.7 Å². The van der Waals surface area contributed by atoms with E-state index in [1.807, 2.05) is 0 Å². The molecule has 0 aliphatic carbocycles. The molecule has 0 aliphatic heterocycles. The fourth-order valence-corrected chi connectivity index (χ4v) is 0.865. The molecule has 0 amide bonds. The van der Waals surface area contributed by atoms with Gasteiger partial charge in [0.25, 0.3) is 0 Å². The first-order valence-corrected chi connectivity index (χ1v) is 5.60. The van der Waals surface area contributed by atoms with Crippen LogP contribution in [0.4, 0.5) is 0 Å². The lowest BCUT2D eigenvalue weighted by molar-refractivity contribution is -0.171. The van der Waals surface area contributed by atoms with Crippen molar-refractivity contribution < 1.29 is 28.6 Å². The second-order valence-electron chi connectivity index (χ2n) is 4.88. The predicted octanol–water partition coefficient (Wildman–Crippen LogP) is 1.07. The maximum absolute atomic E-state index is 11.7. The molecule has 0 aromatic heterocycles. The SMILES string of the molecule is CC(=O)OCC(COC(C)=O)OC(=O)C(C)(C)C. The van der Waals surface area contributed by atoms with Crippen LogP contribution in [0.5, 0.6) is 0 Å². The van der Waals surface area contributed by atoms with Gasteiger partial charge in [0, 0.05) is 13.8 Å².